The first-order valence-electron chi connectivity index (χ1n) is 7.80. The third-order valence-corrected chi connectivity index (χ3v) is 5.47. The molecule has 1 fully saturated rings. The fourth-order valence-corrected chi connectivity index (χ4v) is 4.05. The van der Waals surface area contributed by atoms with Crippen LogP contribution < -0.4 is 5.32 Å². The third kappa shape index (κ3) is 2.63. The van der Waals surface area contributed by atoms with Gasteiger partial charge in [0.25, 0.3) is 0 Å². The second kappa shape index (κ2) is 5.45. The standard InChI is InChI=1S/C17H18N4OS/c1-10-6-7-14(23-10)12-9-13(12)17(22)18-11(2)16-20-19-15-5-3-4-8-21(15)16/h3-8,11-13H,9H2,1-2H3,(H,18,22)/t11-,12+,13+/m0/s1. The van der Waals surface area contributed by atoms with E-state index in [1.165, 1.54) is 9.75 Å². The van der Waals surface area contributed by atoms with E-state index in [2.05, 4.69) is 34.6 Å². The molecule has 0 aromatic carbocycles. The number of aromatic nitrogens is 3. The zero-order valence-electron chi connectivity index (χ0n) is 13.1. The van der Waals surface area contributed by atoms with Crippen molar-refractivity contribution in [2.45, 2.75) is 32.2 Å². The monoisotopic (exact) mass is 326 g/mol. The Hall–Kier alpha value is -2.21. The van der Waals surface area contributed by atoms with Crippen LogP contribution in [0.3, 0.4) is 0 Å². The highest BCUT2D eigenvalue weighted by molar-refractivity contribution is 7.12. The lowest BCUT2D eigenvalue weighted by molar-refractivity contribution is -0.123. The van der Waals surface area contributed by atoms with Crippen LogP contribution in [0.1, 0.15) is 40.9 Å². The highest BCUT2D eigenvalue weighted by Gasteiger charge is 2.45. The Morgan fingerprint density at radius 1 is 1.35 bits per heavy atom. The van der Waals surface area contributed by atoms with Crippen LogP contribution in [0.15, 0.2) is 36.5 Å². The van der Waals surface area contributed by atoms with Gasteiger partial charge in [-0.15, -0.1) is 21.5 Å². The first-order valence-corrected chi connectivity index (χ1v) is 8.61. The number of aryl methyl sites for hydroxylation is 1. The summed E-state index contributed by atoms with van der Waals surface area (Å²) in [5, 5.41) is 11.4. The first kappa shape index (κ1) is 14.4. The second-order valence-electron chi connectivity index (χ2n) is 6.11. The molecule has 6 heteroatoms. The number of pyridine rings is 1. The molecule has 0 aliphatic heterocycles. The molecule has 3 atom stereocenters. The SMILES string of the molecule is Cc1ccc([C@@H]2C[C@H]2C(=O)N[C@@H](C)c2nnc3ccccn23)s1. The van der Waals surface area contributed by atoms with E-state index in [9.17, 15) is 4.79 Å². The fraction of sp³-hybridized carbons (Fsp3) is 0.353. The normalized spacial score (nSPS) is 21.3. The van der Waals surface area contributed by atoms with Gasteiger partial charge in [0, 0.05) is 27.8 Å². The minimum Gasteiger partial charge on any atom is -0.346 e. The van der Waals surface area contributed by atoms with Crippen molar-refractivity contribution in [3.8, 4) is 0 Å². The number of rotatable bonds is 4. The Morgan fingerprint density at radius 3 is 3.00 bits per heavy atom. The quantitative estimate of drug-likeness (QED) is 0.801. The number of carbonyl (C=O) groups excluding carboxylic acids is 1. The van der Waals surface area contributed by atoms with Crippen LogP contribution in [0, 0.1) is 12.8 Å². The molecule has 0 saturated heterocycles. The van der Waals surface area contributed by atoms with E-state index in [0.717, 1.165) is 17.9 Å². The molecule has 0 unspecified atom stereocenters. The van der Waals surface area contributed by atoms with Gasteiger partial charge in [0.05, 0.1) is 6.04 Å². The Morgan fingerprint density at radius 2 is 2.22 bits per heavy atom. The van der Waals surface area contributed by atoms with Gasteiger partial charge in [0.2, 0.25) is 5.91 Å². The van der Waals surface area contributed by atoms with Crippen LogP contribution in [0.4, 0.5) is 0 Å². The van der Waals surface area contributed by atoms with Gasteiger partial charge in [0.15, 0.2) is 11.5 Å². The molecule has 0 radical (unpaired) electrons. The predicted octanol–water partition coefficient (Wildman–Crippen LogP) is 3.08. The first-order chi connectivity index (χ1) is 11.1. The lowest BCUT2D eigenvalue weighted by Crippen LogP contribution is -2.29. The largest absolute Gasteiger partial charge is 0.346 e. The smallest absolute Gasteiger partial charge is 0.224 e. The molecule has 0 spiro atoms. The summed E-state index contributed by atoms with van der Waals surface area (Å²) >= 11 is 1.79. The minimum absolute atomic E-state index is 0.0923. The number of nitrogens with one attached hydrogen (secondary N) is 1. The Bertz CT molecular complexity index is 868. The van der Waals surface area contributed by atoms with E-state index in [4.69, 9.17) is 0 Å². The minimum atomic E-state index is -0.161. The summed E-state index contributed by atoms with van der Waals surface area (Å²) in [6, 6.07) is 9.87. The van der Waals surface area contributed by atoms with E-state index >= 15 is 0 Å². The Balaban J connectivity index is 1.45. The Kier molecular flexibility index (Phi) is 3.41. The fourth-order valence-electron chi connectivity index (χ4n) is 2.99. The predicted molar refractivity (Wildman–Crippen MR) is 89.4 cm³/mol. The zero-order valence-corrected chi connectivity index (χ0v) is 13.9. The lowest BCUT2D eigenvalue weighted by atomic mass is 10.2. The average molecular weight is 326 g/mol. The van der Waals surface area contributed by atoms with Crippen molar-refractivity contribution in [2.24, 2.45) is 5.92 Å². The Labute approximate surface area is 138 Å². The van der Waals surface area contributed by atoms with E-state index in [1.54, 1.807) is 11.3 Å². The van der Waals surface area contributed by atoms with Gasteiger partial charge in [-0.25, -0.2) is 0 Å². The van der Waals surface area contributed by atoms with Crippen LogP contribution in [0.5, 0.6) is 0 Å². The molecule has 3 aromatic rings. The number of hydrogen-bond acceptors (Lipinski definition) is 4. The topological polar surface area (TPSA) is 59.3 Å². The molecule has 3 aromatic heterocycles. The molecule has 5 nitrogen and oxygen atoms in total. The molecule has 1 amide bonds. The summed E-state index contributed by atoms with van der Waals surface area (Å²) in [6.45, 7) is 4.05. The summed E-state index contributed by atoms with van der Waals surface area (Å²) in [5.74, 6) is 1.35. The van der Waals surface area contributed by atoms with E-state index in [-0.39, 0.29) is 17.9 Å². The number of carbonyl (C=O) groups is 1. The van der Waals surface area contributed by atoms with Crippen LogP contribution >= 0.6 is 11.3 Å². The van der Waals surface area contributed by atoms with Crippen LogP contribution in [0.2, 0.25) is 0 Å². The summed E-state index contributed by atoms with van der Waals surface area (Å²) in [6.07, 6.45) is 2.86. The third-order valence-electron chi connectivity index (χ3n) is 4.34. The number of nitrogens with zero attached hydrogens (tertiary/aromatic N) is 3. The average Bonchev–Trinajstić information content (AvgIpc) is 3.04. The number of hydrogen-bond donors (Lipinski definition) is 1. The summed E-state index contributed by atoms with van der Waals surface area (Å²) in [7, 11) is 0. The molecule has 1 N–H and O–H groups in total. The molecule has 4 rings (SSSR count). The van der Waals surface area contributed by atoms with Gasteiger partial charge in [-0.1, -0.05) is 6.07 Å². The second-order valence-corrected chi connectivity index (χ2v) is 7.43. The molecule has 23 heavy (non-hydrogen) atoms. The van der Waals surface area contributed by atoms with Crippen LogP contribution in [0.25, 0.3) is 5.65 Å². The zero-order chi connectivity index (χ0) is 16.0. The molecular formula is C17H18N4OS. The van der Waals surface area contributed by atoms with Gasteiger partial charge >= 0.3 is 0 Å². The maximum atomic E-state index is 12.5. The molecule has 1 saturated carbocycles. The van der Waals surface area contributed by atoms with E-state index in [1.807, 2.05) is 35.7 Å². The summed E-state index contributed by atoms with van der Waals surface area (Å²) in [5.41, 5.74) is 0.793. The van der Waals surface area contributed by atoms with Crippen LogP contribution in [-0.2, 0) is 4.79 Å². The van der Waals surface area contributed by atoms with Crippen molar-refractivity contribution in [3.05, 3.63) is 52.1 Å². The van der Waals surface area contributed by atoms with Gasteiger partial charge in [-0.05, 0) is 44.5 Å². The van der Waals surface area contributed by atoms with Gasteiger partial charge < -0.3 is 5.32 Å². The van der Waals surface area contributed by atoms with Crippen molar-refractivity contribution in [2.75, 3.05) is 0 Å². The maximum absolute atomic E-state index is 12.5. The molecule has 3 heterocycles. The van der Waals surface area contributed by atoms with Gasteiger partial charge in [-0.2, -0.15) is 0 Å². The molecular weight excluding hydrogens is 308 g/mol. The van der Waals surface area contributed by atoms with Crippen molar-refractivity contribution in [3.63, 3.8) is 0 Å². The van der Waals surface area contributed by atoms with E-state index < -0.39 is 0 Å². The molecule has 0 bridgehead atoms. The van der Waals surface area contributed by atoms with Crippen molar-refractivity contribution in [1.82, 2.24) is 19.9 Å². The van der Waals surface area contributed by atoms with Crippen molar-refractivity contribution >= 4 is 22.9 Å². The summed E-state index contributed by atoms with van der Waals surface area (Å²) in [4.78, 5) is 15.1. The number of fused-ring (bicyclic) bond motifs is 1. The lowest BCUT2D eigenvalue weighted by Gasteiger charge is -2.12. The van der Waals surface area contributed by atoms with Gasteiger partial charge in [0.1, 0.15) is 0 Å². The summed E-state index contributed by atoms with van der Waals surface area (Å²) < 4.78 is 1.91. The molecule has 1 aliphatic rings. The molecule has 1 aliphatic carbocycles. The highest BCUT2D eigenvalue weighted by Crippen LogP contribution is 2.49. The van der Waals surface area contributed by atoms with Crippen molar-refractivity contribution in [1.29, 1.82) is 0 Å². The maximum Gasteiger partial charge on any atom is 0.224 e. The van der Waals surface area contributed by atoms with Gasteiger partial charge in [-0.3, -0.25) is 9.20 Å². The molecule has 118 valence electrons. The van der Waals surface area contributed by atoms with Crippen molar-refractivity contribution < 1.29 is 4.79 Å². The van der Waals surface area contributed by atoms with E-state index in [0.29, 0.717) is 5.92 Å². The number of amides is 1. The number of thiophene rings is 1. The van der Waals surface area contributed by atoms with Crippen LogP contribution in [-0.4, -0.2) is 20.5 Å². The highest BCUT2D eigenvalue weighted by atomic mass is 32.1.